The van der Waals surface area contributed by atoms with Gasteiger partial charge in [0.05, 0.1) is 24.8 Å². The molecular weight excluding hydrogens is 564 g/mol. The Bertz CT molecular complexity index is 1620. The molecule has 1 fully saturated rings. The van der Waals surface area contributed by atoms with Gasteiger partial charge in [-0.15, -0.1) is 0 Å². The Morgan fingerprint density at radius 1 is 0.744 bits per heavy atom. The van der Waals surface area contributed by atoms with E-state index in [4.69, 9.17) is 9.47 Å². The van der Waals surface area contributed by atoms with E-state index in [0.717, 1.165) is 44.8 Å². The van der Waals surface area contributed by atoms with Crippen LogP contribution in [0.25, 0.3) is 0 Å². The van der Waals surface area contributed by atoms with E-state index in [0.29, 0.717) is 22.7 Å². The van der Waals surface area contributed by atoms with Crippen LogP contribution in [0.3, 0.4) is 0 Å². The van der Waals surface area contributed by atoms with E-state index in [1.807, 2.05) is 30.3 Å². The van der Waals surface area contributed by atoms with E-state index in [2.05, 4.69) is 44.1 Å². The van der Waals surface area contributed by atoms with Gasteiger partial charge in [0.25, 0.3) is 15.9 Å². The Morgan fingerprint density at radius 3 is 1.93 bits per heavy atom. The highest BCUT2D eigenvalue weighted by molar-refractivity contribution is 7.92. The quantitative estimate of drug-likeness (QED) is 0.248. The lowest BCUT2D eigenvalue weighted by Gasteiger charge is -2.34. The van der Waals surface area contributed by atoms with Crippen molar-refractivity contribution in [3.63, 3.8) is 0 Å². The molecule has 10 heteroatoms. The minimum Gasteiger partial charge on any atom is -0.497 e. The largest absolute Gasteiger partial charge is 0.497 e. The number of nitrogens with one attached hydrogen (secondary N) is 2. The lowest BCUT2D eigenvalue weighted by atomic mass is 10.1. The number of nitrogens with zero attached hydrogens (tertiary/aromatic N) is 2. The van der Waals surface area contributed by atoms with Gasteiger partial charge in [0, 0.05) is 56.6 Å². The average Bonchev–Trinajstić information content (AvgIpc) is 3.03. The molecule has 0 atom stereocenters. The molecule has 0 unspecified atom stereocenters. The summed E-state index contributed by atoms with van der Waals surface area (Å²) in [4.78, 5) is 17.8. The predicted octanol–water partition coefficient (Wildman–Crippen LogP) is 5.07. The molecule has 0 aliphatic carbocycles. The molecule has 0 bridgehead atoms. The lowest BCUT2D eigenvalue weighted by Crippen LogP contribution is -2.45. The van der Waals surface area contributed by atoms with Crippen molar-refractivity contribution in [2.75, 3.05) is 50.4 Å². The van der Waals surface area contributed by atoms with Crippen molar-refractivity contribution in [1.82, 2.24) is 9.80 Å². The second-order valence-electron chi connectivity index (χ2n) is 10.4. The summed E-state index contributed by atoms with van der Waals surface area (Å²) in [5, 5.41) is 2.84. The summed E-state index contributed by atoms with van der Waals surface area (Å²) in [5.41, 5.74) is 3.77. The summed E-state index contributed by atoms with van der Waals surface area (Å²) >= 11 is 0. The van der Waals surface area contributed by atoms with Gasteiger partial charge in [-0.3, -0.25) is 19.3 Å². The lowest BCUT2D eigenvalue weighted by molar-refractivity contribution is 0.102. The SMILES string of the molecule is COc1ccc(OC)c(NS(=O)(=O)c2ccc(NC(=O)c3ccc(CN4CCN(Cc5ccccc5)CC4)cc3)cc2)c1. The van der Waals surface area contributed by atoms with Crippen molar-refractivity contribution in [3.8, 4) is 11.5 Å². The number of hydrogen-bond donors (Lipinski definition) is 2. The third kappa shape index (κ3) is 7.92. The van der Waals surface area contributed by atoms with E-state index in [9.17, 15) is 13.2 Å². The molecule has 43 heavy (non-hydrogen) atoms. The molecule has 4 aromatic rings. The first-order chi connectivity index (χ1) is 20.8. The van der Waals surface area contributed by atoms with Crippen molar-refractivity contribution >= 4 is 27.3 Å². The Morgan fingerprint density at radius 2 is 1.35 bits per heavy atom. The Balaban J connectivity index is 1.13. The molecule has 5 rings (SSSR count). The molecule has 0 radical (unpaired) electrons. The fraction of sp³-hybridized carbons (Fsp3) is 0.242. The number of ether oxygens (including phenoxy) is 2. The zero-order valence-electron chi connectivity index (χ0n) is 24.3. The molecule has 4 aromatic carbocycles. The summed E-state index contributed by atoms with van der Waals surface area (Å²) in [6.45, 7) is 5.88. The van der Waals surface area contributed by atoms with Gasteiger partial charge in [-0.25, -0.2) is 8.42 Å². The number of rotatable bonds is 11. The number of amides is 1. The molecule has 0 saturated carbocycles. The number of hydrogen-bond acceptors (Lipinski definition) is 7. The normalized spacial score (nSPS) is 14.2. The van der Waals surface area contributed by atoms with E-state index in [-0.39, 0.29) is 16.5 Å². The van der Waals surface area contributed by atoms with Crippen LogP contribution in [-0.2, 0) is 23.1 Å². The Hall–Kier alpha value is -4.38. The van der Waals surface area contributed by atoms with Crippen LogP contribution in [0.4, 0.5) is 11.4 Å². The zero-order chi connectivity index (χ0) is 30.2. The predicted molar refractivity (Wildman–Crippen MR) is 168 cm³/mol. The highest BCUT2D eigenvalue weighted by Gasteiger charge is 2.19. The maximum atomic E-state index is 13.0. The maximum Gasteiger partial charge on any atom is 0.262 e. The first-order valence-corrected chi connectivity index (χ1v) is 15.5. The van der Waals surface area contributed by atoms with Gasteiger partial charge >= 0.3 is 0 Å². The highest BCUT2D eigenvalue weighted by Crippen LogP contribution is 2.31. The number of carbonyl (C=O) groups excluding carboxylic acids is 1. The monoisotopic (exact) mass is 600 g/mol. The first-order valence-electron chi connectivity index (χ1n) is 14.1. The number of benzene rings is 4. The molecule has 1 heterocycles. The van der Waals surface area contributed by atoms with Gasteiger partial charge in [-0.1, -0.05) is 42.5 Å². The van der Waals surface area contributed by atoms with Gasteiger partial charge in [0.15, 0.2) is 0 Å². The molecule has 224 valence electrons. The van der Waals surface area contributed by atoms with Crippen LogP contribution in [0.2, 0.25) is 0 Å². The molecule has 9 nitrogen and oxygen atoms in total. The van der Waals surface area contributed by atoms with Gasteiger partial charge in [0.1, 0.15) is 11.5 Å². The molecule has 1 aliphatic rings. The third-order valence-electron chi connectivity index (χ3n) is 7.41. The van der Waals surface area contributed by atoms with Crippen molar-refractivity contribution in [3.05, 3.63) is 114 Å². The van der Waals surface area contributed by atoms with E-state index in [1.165, 1.54) is 31.9 Å². The summed E-state index contributed by atoms with van der Waals surface area (Å²) in [6.07, 6.45) is 0. The summed E-state index contributed by atoms with van der Waals surface area (Å²) in [6, 6.07) is 29.0. The summed E-state index contributed by atoms with van der Waals surface area (Å²) < 4.78 is 39.0. The van der Waals surface area contributed by atoms with Gasteiger partial charge in [-0.2, -0.15) is 0 Å². The van der Waals surface area contributed by atoms with Crippen molar-refractivity contribution in [2.45, 2.75) is 18.0 Å². The first kappa shape index (κ1) is 30.1. The topological polar surface area (TPSA) is 100 Å². The third-order valence-corrected chi connectivity index (χ3v) is 8.79. The van der Waals surface area contributed by atoms with Crippen molar-refractivity contribution in [1.29, 1.82) is 0 Å². The molecule has 0 aromatic heterocycles. The number of carbonyl (C=O) groups is 1. The van der Waals surface area contributed by atoms with Crippen LogP contribution in [0, 0.1) is 0 Å². The van der Waals surface area contributed by atoms with Crippen LogP contribution in [-0.4, -0.2) is 64.5 Å². The van der Waals surface area contributed by atoms with Gasteiger partial charge in [-0.05, 0) is 59.7 Å². The standard InChI is InChI=1S/C33H36N4O5S/c1-41-29-14-17-32(42-2)31(22-29)35-43(39,40)30-15-12-28(13-16-30)34-33(38)27-10-8-26(9-11-27)24-37-20-18-36(19-21-37)23-25-6-4-3-5-7-25/h3-17,22,35H,18-21,23-24H2,1-2H3,(H,34,38). The summed E-state index contributed by atoms with van der Waals surface area (Å²) in [7, 11) is -0.952. The van der Waals surface area contributed by atoms with Gasteiger partial charge in [0.2, 0.25) is 0 Å². The van der Waals surface area contributed by atoms with Crippen LogP contribution >= 0.6 is 0 Å². The van der Waals surface area contributed by atoms with Gasteiger partial charge < -0.3 is 14.8 Å². The van der Waals surface area contributed by atoms with E-state index in [1.54, 1.807) is 30.3 Å². The number of anilines is 2. The molecule has 1 aliphatic heterocycles. The zero-order valence-corrected chi connectivity index (χ0v) is 25.1. The van der Waals surface area contributed by atoms with Crippen molar-refractivity contribution in [2.24, 2.45) is 0 Å². The van der Waals surface area contributed by atoms with Crippen molar-refractivity contribution < 1.29 is 22.7 Å². The minimum absolute atomic E-state index is 0.0422. The fourth-order valence-corrected chi connectivity index (χ4v) is 6.05. The van der Waals surface area contributed by atoms with E-state index < -0.39 is 10.0 Å². The van der Waals surface area contributed by atoms with Crippen LogP contribution in [0.1, 0.15) is 21.5 Å². The number of sulfonamides is 1. The summed E-state index contributed by atoms with van der Waals surface area (Å²) in [5.74, 6) is 0.582. The average molecular weight is 601 g/mol. The molecule has 1 saturated heterocycles. The molecular formula is C33H36N4O5S. The smallest absolute Gasteiger partial charge is 0.262 e. The second kappa shape index (κ2) is 13.7. The fourth-order valence-electron chi connectivity index (χ4n) is 4.99. The molecule has 2 N–H and O–H groups in total. The van der Waals surface area contributed by atoms with E-state index >= 15 is 0 Å². The van der Waals surface area contributed by atoms with Crippen LogP contribution < -0.4 is 19.5 Å². The minimum atomic E-state index is -3.91. The number of methoxy groups -OCH3 is 2. The molecule has 1 amide bonds. The number of piperazine rings is 1. The highest BCUT2D eigenvalue weighted by atomic mass is 32.2. The molecule has 0 spiro atoms. The Labute approximate surface area is 253 Å². The maximum absolute atomic E-state index is 13.0. The Kier molecular flexibility index (Phi) is 9.61. The second-order valence-corrected chi connectivity index (χ2v) is 12.1. The van der Waals surface area contributed by atoms with Crippen LogP contribution in [0.15, 0.2) is 102 Å². The van der Waals surface area contributed by atoms with Crippen LogP contribution in [0.5, 0.6) is 11.5 Å².